The Kier molecular flexibility index (Phi) is 4.04. The van der Waals surface area contributed by atoms with E-state index in [-0.39, 0.29) is 5.56 Å². The van der Waals surface area contributed by atoms with Gasteiger partial charge in [0, 0.05) is 5.69 Å². The zero-order valence-corrected chi connectivity index (χ0v) is 8.80. The second-order valence-electron chi connectivity index (χ2n) is 3.11. The number of amides is 3. The molecule has 0 aliphatic carbocycles. The lowest BCUT2D eigenvalue weighted by atomic mass is 10.2. The number of benzene rings is 1. The molecule has 0 spiro atoms. The topological polar surface area (TPSA) is 125 Å². The fourth-order valence-electron chi connectivity index (χ4n) is 1.01. The molecule has 0 radical (unpaired) electrons. The number of hydrogen-bond donors (Lipinski definition) is 3. The number of anilines is 1. The second kappa shape index (κ2) is 5.50. The Bertz CT molecular complexity index is 441. The van der Waals surface area contributed by atoms with Gasteiger partial charge in [0.05, 0.1) is 5.56 Å². The average molecular weight is 237 g/mol. The Labute approximate surface area is 96.7 Å². The number of esters is 1. The van der Waals surface area contributed by atoms with E-state index in [0.29, 0.717) is 5.69 Å². The number of imide groups is 1. The molecule has 7 nitrogen and oxygen atoms in total. The molecule has 17 heavy (non-hydrogen) atoms. The molecule has 1 aromatic rings. The lowest BCUT2D eigenvalue weighted by molar-refractivity contribution is -0.123. The van der Waals surface area contributed by atoms with Crippen LogP contribution in [-0.2, 0) is 9.53 Å². The Morgan fingerprint density at radius 2 is 1.76 bits per heavy atom. The van der Waals surface area contributed by atoms with Crippen LogP contribution in [0.15, 0.2) is 24.3 Å². The van der Waals surface area contributed by atoms with Gasteiger partial charge in [0.1, 0.15) is 0 Å². The highest BCUT2D eigenvalue weighted by Gasteiger charge is 2.10. The van der Waals surface area contributed by atoms with Gasteiger partial charge in [0.15, 0.2) is 6.61 Å². The fourth-order valence-corrected chi connectivity index (χ4v) is 1.01. The highest BCUT2D eigenvalue weighted by atomic mass is 16.5. The van der Waals surface area contributed by atoms with Gasteiger partial charge in [0.25, 0.3) is 5.91 Å². The van der Waals surface area contributed by atoms with Crippen LogP contribution < -0.4 is 16.8 Å². The van der Waals surface area contributed by atoms with E-state index in [9.17, 15) is 14.4 Å². The number of carbonyl (C=O) groups excluding carboxylic acids is 3. The molecule has 90 valence electrons. The third-order valence-corrected chi connectivity index (χ3v) is 1.74. The highest BCUT2D eigenvalue weighted by Crippen LogP contribution is 2.06. The number of rotatable bonds is 3. The molecule has 0 aromatic heterocycles. The summed E-state index contributed by atoms with van der Waals surface area (Å²) in [5.74, 6) is -1.48. The molecule has 0 atom stereocenters. The standard InChI is InChI=1S/C10H11N3O4/c11-7-3-1-6(2-4-7)9(15)17-5-8(14)13-10(12)16/h1-4H,5,11H2,(H3,12,13,14,16). The number of hydrogen-bond acceptors (Lipinski definition) is 5. The van der Waals surface area contributed by atoms with Crippen LogP contribution in [-0.4, -0.2) is 24.5 Å². The van der Waals surface area contributed by atoms with Gasteiger partial charge in [-0.15, -0.1) is 0 Å². The first-order chi connectivity index (χ1) is 7.99. The van der Waals surface area contributed by atoms with Crippen LogP contribution in [0, 0.1) is 0 Å². The van der Waals surface area contributed by atoms with Crippen molar-refractivity contribution in [2.75, 3.05) is 12.3 Å². The molecule has 0 unspecified atom stereocenters. The summed E-state index contributed by atoms with van der Waals surface area (Å²) in [6.45, 7) is -0.577. The normalized spacial score (nSPS) is 9.41. The number of nitrogens with one attached hydrogen (secondary N) is 1. The van der Waals surface area contributed by atoms with Crippen molar-refractivity contribution in [3.05, 3.63) is 29.8 Å². The van der Waals surface area contributed by atoms with E-state index in [1.54, 1.807) is 5.32 Å². The lowest BCUT2D eigenvalue weighted by Crippen LogP contribution is -2.37. The molecule has 0 saturated heterocycles. The van der Waals surface area contributed by atoms with Crippen LogP contribution in [0.2, 0.25) is 0 Å². The molecule has 3 amide bonds. The molecule has 1 aromatic carbocycles. The van der Waals surface area contributed by atoms with E-state index >= 15 is 0 Å². The Hall–Kier alpha value is -2.57. The van der Waals surface area contributed by atoms with Crippen molar-refractivity contribution in [2.45, 2.75) is 0 Å². The summed E-state index contributed by atoms with van der Waals surface area (Å²) in [6, 6.07) is 4.98. The first-order valence-corrected chi connectivity index (χ1v) is 4.61. The first kappa shape index (κ1) is 12.5. The van der Waals surface area contributed by atoms with Crippen LogP contribution in [0.4, 0.5) is 10.5 Å². The SMILES string of the molecule is NC(=O)NC(=O)COC(=O)c1ccc(N)cc1. The molecule has 5 N–H and O–H groups in total. The van der Waals surface area contributed by atoms with E-state index < -0.39 is 24.5 Å². The molecule has 0 saturated carbocycles. The van der Waals surface area contributed by atoms with Gasteiger partial charge in [-0.3, -0.25) is 10.1 Å². The summed E-state index contributed by atoms with van der Waals surface area (Å²) in [5.41, 5.74) is 10.9. The Morgan fingerprint density at radius 3 is 2.29 bits per heavy atom. The second-order valence-corrected chi connectivity index (χ2v) is 3.11. The van der Waals surface area contributed by atoms with E-state index in [2.05, 4.69) is 4.74 Å². The van der Waals surface area contributed by atoms with Crippen molar-refractivity contribution in [2.24, 2.45) is 5.73 Å². The third kappa shape index (κ3) is 4.20. The minimum atomic E-state index is -1.00. The van der Waals surface area contributed by atoms with Crippen LogP contribution in [0.25, 0.3) is 0 Å². The molecular weight excluding hydrogens is 226 g/mol. The Morgan fingerprint density at radius 1 is 1.18 bits per heavy atom. The number of carbonyl (C=O) groups is 3. The molecular formula is C10H11N3O4. The van der Waals surface area contributed by atoms with E-state index in [1.165, 1.54) is 24.3 Å². The molecule has 7 heteroatoms. The third-order valence-electron chi connectivity index (χ3n) is 1.74. The predicted molar refractivity (Wildman–Crippen MR) is 58.9 cm³/mol. The highest BCUT2D eigenvalue weighted by molar-refractivity contribution is 5.96. The summed E-state index contributed by atoms with van der Waals surface area (Å²) in [6.07, 6.45) is 0. The minimum absolute atomic E-state index is 0.256. The molecule has 0 fully saturated rings. The monoisotopic (exact) mass is 237 g/mol. The van der Waals surface area contributed by atoms with Crippen molar-refractivity contribution < 1.29 is 19.1 Å². The van der Waals surface area contributed by atoms with Gasteiger partial charge in [0.2, 0.25) is 0 Å². The van der Waals surface area contributed by atoms with Crippen LogP contribution >= 0.6 is 0 Å². The van der Waals surface area contributed by atoms with E-state index in [4.69, 9.17) is 11.5 Å². The van der Waals surface area contributed by atoms with Crippen molar-refractivity contribution in [3.63, 3.8) is 0 Å². The van der Waals surface area contributed by atoms with E-state index in [1.807, 2.05) is 0 Å². The van der Waals surface area contributed by atoms with Crippen molar-refractivity contribution in [1.82, 2.24) is 5.32 Å². The zero-order valence-electron chi connectivity index (χ0n) is 8.80. The van der Waals surface area contributed by atoms with E-state index in [0.717, 1.165) is 0 Å². The molecule has 0 aliphatic rings. The predicted octanol–water partition coefficient (Wildman–Crippen LogP) is -0.379. The lowest BCUT2D eigenvalue weighted by Gasteiger charge is -2.04. The first-order valence-electron chi connectivity index (χ1n) is 4.61. The number of nitrogens with two attached hydrogens (primary N) is 2. The molecule has 0 aliphatic heterocycles. The fraction of sp³-hybridized carbons (Fsp3) is 0.100. The summed E-state index contributed by atoms with van der Waals surface area (Å²) in [7, 11) is 0. The molecule has 0 heterocycles. The summed E-state index contributed by atoms with van der Waals surface area (Å²) in [5, 5.41) is 1.76. The number of primary amides is 1. The quantitative estimate of drug-likeness (QED) is 0.488. The Balaban J connectivity index is 2.47. The summed E-state index contributed by atoms with van der Waals surface area (Å²) in [4.78, 5) is 32.6. The molecule has 0 bridgehead atoms. The van der Waals surface area contributed by atoms with Gasteiger partial charge >= 0.3 is 12.0 Å². The number of nitrogen functional groups attached to an aromatic ring is 1. The van der Waals surface area contributed by atoms with Crippen LogP contribution in [0.5, 0.6) is 0 Å². The average Bonchev–Trinajstić information content (AvgIpc) is 2.26. The van der Waals surface area contributed by atoms with Gasteiger partial charge < -0.3 is 16.2 Å². The van der Waals surface area contributed by atoms with Gasteiger partial charge in [-0.05, 0) is 24.3 Å². The van der Waals surface area contributed by atoms with Crippen molar-refractivity contribution in [1.29, 1.82) is 0 Å². The number of urea groups is 1. The van der Waals surface area contributed by atoms with Crippen LogP contribution in [0.1, 0.15) is 10.4 Å². The summed E-state index contributed by atoms with van der Waals surface area (Å²) < 4.78 is 4.63. The maximum atomic E-state index is 11.4. The van der Waals surface area contributed by atoms with Gasteiger partial charge in [-0.1, -0.05) is 0 Å². The van der Waals surface area contributed by atoms with Crippen molar-refractivity contribution in [3.8, 4) is 0 Å². The maximum Gasteiger partial charge on any atom is 0.338 e. The van der Waals surface area contributed by atoms with Gasteiger partial charge in [-0.25, -0.2) is 9.59 Å². The van der Waals surface area contributed by atoms with Crippen LogP contribution in [0.3, 0.4) is 0 Å². The zero-order chi connectivity index (χ0) is 12.8. The minimum Gasteiger partial charge on any atom is -0.452 e. The smallest absolute Gasteiger partial charge is 0.338 e. The summed E-state index contributed by atoms with van der Waals surface area (Å²) >= 11 is 0. The number of ether oxygens (including phenoxy) is 1. The largest absolute Gasteiger partial charge is 0.452 e. The van der Waals surface area contributed by atoms with Crippen molar-refractivity contribution >= 4 is 23.6 Å². The maximum absolute atomic E-state index is 11.4. The van der Waals surface area contributed by atoms with Gasteiger partial charge in [-0.2, -0.15) is 0 Å². The molecule has 1 rings (SSSR count).